The van der Waals surface area contributed by atoms with Crippen LogP contribution in [-0.4, -0.2) is 68.8 Å². The molecule has 2 N–H and O–H groups in total. The third kappa shape index (κ3) is 6.41. The van der Waals surface area contributed by atoms with Crippen molar-refractivity contribution >= 4 is 29.1 Å². The number of carbonyl (C=O) groups excluding carboxylic acids is 3. The molecule has 2 aliphatic heterocycles. The van der Waals surface area contributed by atoms with Crippen LogP contribution in [0.2, 0.25) is 0 Å². The van der Waals surface area contributed by atoms with Crippen LogP contribution in [0.4, 0.5) is 11.4 Å². The van der Waals surface area contributed by atoms with Crippen LogP contribution in [0, 0.1) is 23.7 Å². The second-order valence-corrected chi connectivity index (χ2v) is 13.2. The first-order valence-electron chi connectivity index (χ1n) is 15.6. The Kier molecular flexibility index (Phi) is 8.95. The summed E-state index contributed by atoms with van der Waals surface area (Å²) in [5.41, 5.74) is 0.501. The van der Waals surface area contributed by atoms with Crippen molar-refractivity contribution in [2.24, 2.45) is 23.7 Å². The number of nitrogens with zero attached hydrogens (tertiary/aromatic N) is 2. The van der Waals surface area contributed by atoms with E-state index in [9.17, 15) is 14.4 Å². The van der Waals surface area contributed by atoms with Gasteiger partial charge in [0.15, 0.2) is 5.60 Å². The lowest BCUT2D eigenvalue weighted by Crippen LogP contribution is -2.53. The van der Waals surface area contributed by atoms with Crippen LogP contribution in [0.3, 0.4) is 0 Å². The molecule has 226 valence electrons. The molecule has 41 heavy (non-hydrogen) atoms. The summed E-state index contributed by atoms with van der Waals surface area (Å²) in [5, 5.41) is 6.73. The molecule has 3 amide bonds. The van der Waals surface area contributed by atoms with Crippen molar-refractivity contribution in [1.82, 2.24) is 10.6 Å². The number of benzene rings is 1. The fraction of sp³-hybridized carbons (Fsp3) is 0.719. The van der Waals surface area contributed by atoms with E-state index in [0.29, 0.717) is 62.4 Å². The van der Waals surface area contributed by atoms with Gasteiger partial charge in [0.05, 0.1) is 17.5 Å². The largest absolute Gasteiger partial charge is 0.476 e. The number of carbonyl (C=O) groups is 3. The molecule has 1 saturated heterocycles. The lowest BCUT2D eigenvalue weighted by atomic mass is 9.78. The van der Waals surface area contributed by atoms with Crippen molar-refractivity contribution in [2.75, 3.05) is 43.2 Å². The molecule has 0 spiro atoms. The lowest BCUT2D eigenvalue weighted by molar-refractivity contribution is -0.132. The molecule has 3 fully saturated rings. The Balaban J connectivity index is 1.33. The van der Waals surface area contributed by atoms with Gasteiger partial charge in [-0.15, -0.1) is 0 Å². The second-order valence-electron chi connectivity index (χ2n) is 13.2. The quantitative estimate of drug-likeness (QED) is 0.439. The molecular formula is C32H48N4O5. The molecule has 5 rings (SSSR count). The number of fused-ring (bicyclic) bond motifs is 1. The maximum Gasteiger partial charge on any atom is 0.270 e. The van der Waals surface area contributed by atoms with Crippen molar-refractivity contribution in [1.29, 1.82) is 0 Å². The number of methoxy groups -OCH3 is 1. The van der Waals surface area contributed by atoms with Gasteiger partial charge in [0.25, 0.3) is 5.91 Å². The van der Waals surface area contributed by atoms with Crippen molar-refractivity contribution in [3.63, 3.8) is 0 Å². The van der Waals surface area contributed by atoms with Gasteiger partial charge in [-0.2, -0.15) is 0 Å². The van der Waals surface area contributed by atoms with E-state index in [1.165, 1.54) is 6.42 Å². The molecule has 2 heterocycles. The highest BCUT2D eigenvalue weighted by atomic mass is 16.5. The third-order valence-corrected chi connectivity index (χ3v) is 9.44. The average molecular weight is 569 g/mol. The van der Waals surface area contributed by atoms with Crippen LogP contribution in [0.15, 0.2) is 18.2 Å². The summed E-state index contributed by atoms with van der Waals surface area (Å²) in [7, 11) is 1.65. The summed E-state index contributed by atoms with van der Waals surface area (Å²) < 4.78 is 11.3. The molecule has 2 unspecified atom stereocenters. The summed E-state index contributed by atoms with van der Waals surface area (Å²) in [6.45, 7) is 10.3. The van der Waals surface area contributed by atoms with E-state index >= 15 is 0 Å². The van der Waals surface area contributed by atoms with Crippen LogP contribution in [0.5, 0.6) is 5.75 Å². The van der Waals surface area contributed by atoms with E-state index in [-0.39, 0.29) is 41.6 Å². The third-order valence-electron chi connectivity index (χ3n) is 9.44. The zero-order valence-electron chi connectivity index (χ0n) is 25.4. The number of anilines is 2. The molecule has 2 saturated carbocycles. The van der Waals surface area contributed by atoms with E-state index < -0.39 is 5.60 Å². The molecule has 0 bridgehead atoms. The Labute approximate surface area is 244 Å². The standard InChI is InChI=1S/C32H48N4O5/c1-20-8-6-9-21(2)28(20)34-29(37)22-16-23(19-33-18-22)30(38)36(24-10-11-24)25-12-13-27-26(17-25)35(14-7-15-40-5)31(39)32(3,4)41-27/h12-13,17,20-24,28,33H,6-11,14-16,18-19H2,1-5H3,(H,34,37)/t20?,21?,22-,23+,28?/m0/s1. The number of hydrogen-bond donors (Lipinski definition) is 2. The second kappa shape index (κ2) is 12.3. The van der Waals surface area contributed by atoms with Crippen molar-refractivity contribution in [2.45, 2.75) is 90.3 Å². The van der Waals surface area contributed by atoms with Crippen LogP contribution >= 0.6 is 0 Å². The van der Waals surface area contributed by atoms with E-state index in [1.807, 2.05) is 23.1 Å². The summed E-state index contributed by atoms with van der Waals surface area (Å²) in [6, 6.07) is 6.08. The molecule has 4 atom stereocenters. The molecular weight excluding hydrogens is 520 g/mol. The smallest absolute Gasteiger partial charge is 0.270 e. The van der Waals surface area contributed by atoms with Crippen LogP contribution < -0.4 is 25.2 Å². The lowest BCUT2D eigenvalue weighted by Gasteiger charge is -2.40. The van der Waals surface area contributed by atoms with Crippen molar-refractivity contribution < 1.29 is 23.9 Å². The van der Waals surface area contributed by atoms with Crippen molar-refractivity contribution in [3.8, 4) is 5.75 Å². The molecule has 0 radical (unpaired) electrons. The minimum absolute atomic E-state index is 0.0474. The minimum atomic E-state index is -0.968. The number of piperidine rings is 1. The number of hydrogen-bond acceptors (Lipinski definition) is 6. The maximum absolute atomic E-state index is 14.1. The van der Waals surface area contributed by atoms with Gasteiger partial charge in [-0.05, 0) is 82.4 Å². The van der Waals surface area contributed by atoms with Gasteiger partial charge in [-0.3, -0.25) is 14.4 Å². The number of amides is 3. The first-order valence-corrected chi connectivity index (χ1v) is 15.6. The van der Waals surface area contributed by atoms with E-state index in [2.05, 4.69) is 24.5 Å². The maximum atomic E-state index is 14.1. The predicted octanol–water partition coefficient (Wildman–Crippen LogP) is 3.89. The predicted molar refractivity (Wildman–Crippen MR) is 159 cm³/mol. The zero-order valence-corrected chi connectivity index (χ0v) is 25.4. The van der Waals surface area contributed by atoms with Gasteiger partial charge in [0, 0.05) is 51.1 Å². The highest BCUT2D eigenvalue weighted by Gasteiger charge is 2.43. The molecule has 1 aromatic carbocycles. The number of rotatable bonds is 9. The van der Waals surface area contributed by atoms with Crippen LogP contribution in [-0.2, 0) is 19.1 Å². The molecule has 9 nitrogen and oxygen atoms in total. The Hall–Kier alpha value is -2.65. The SMILES string of the molecule is COCCCN1C(=O)C(C)(C)Oc2ccc(N(C(=O)[C@H]3CNC[C@@H](C(=O)NC4C(C)CCCC4C)C3)C3CC3)cc21. The van der Waals surface area contributed by atoms with E-state index in [1.54, 1.807) is 25.9 Å². The number of ether oxygens (including phenoxy) is 2. The van der Waals surface area contributed by atoms with Gasteiger partial charge >= 0.3 is 0 Å². The highest BCUT2D eigenvalue weighted by molar-refractivity contribution is 6.04. The topological polar surface area (TPSA) is 100 Å². The fourth-order valence-corrected chi connectivity index (χ4v) is 6.92. The molecule has 0 aromatic heterocycles. The summed E-state index contributed by atoms with van der Waals surface area (Å²) in [6.07, 6.45) is 6.65. The van der Waals surface area contributed by atoms with Gasteiger partial charge < -0.3 is 29.9 Å². The number of nitrogens with one attached hydrogen (secondary N) is 2. The normalized spacial score (nSPS) is 29.3. The Morgan fingerprint density at radius 1 is 1.12 bits per heavy atom. The molecule has 9 heteroatoms. The Morgan fingerprint density at radius 2 is 1.83 bits per heavy atom. The summed E-state index contributed by atoms with van der Waals surface area (Å²) in [5.74, 6) is 1.09. The minimum Gasteiger partial charge on any atom is -0.476 e. The molecule has 2 aliphatic carbocycles. The summed E-state index contributed by atoms with van der Waals surface area (Å²) >= 11 is 0. The van der Waals surface area contributed by atoms with Gasteiger partial charge in [-0.1, -0.05) is 20.3 Å². The van der Waals surface area contributed by atoms with Crippen LogP contribution in [0.1, 0.15) is 72.6 Å². The van der Waals surface area contributed by atoms with Gasteiger partial charge in [0.2, 0.25) is 11.8 Å². The Bertz CT molecular complexity index is 1130. The van der Waals surface area contributed by atoms with E-state index in [4.69, 9.17) is 9.47 Å². The van der Waals surface area contributed by atoms with Crippen LogP contribution in [0.25, 0.3) is 0 Å². The van der Waals surface area contributed by atoms with Gasteiger partial charge in [-0.25, -0.2) is 0 Å². The summed E-state index contributed by atoms with van der Waals surface area (Å²) in [4.78, 5) is 44.5. The zero-order chi connectivity index (χ0) is 29.3. The van der Waals surface area contributed by atoms with Gasteiger partial charge in [0.1, 0.15) is 5.75 Å². The molecule has 1 aromatic rings. The average Bonchev–Trinajstić information content (AvgIpc) is 3.78. The first kappa shape index (κ1) is 29.8. The Morgan fingerprint density at radius 3 is 2.51 bits per heavy atom. The van der Waals surface area contributed by atoms with E-state index in [0.717, 1.165) is 31.4 Å². The highest BCUT2D eigenvalue weighted by Crippen LogP contribution is 2.43. The first-order chi connectivity index (χ1) is 19.6. The fourth-order valence-electron chi connectivity index (χ4n) is 6.92. The molecule has 4 aliphatic rings. The monoisotopic (exact) mass is 568 g/mol. The van der Waals surface area contributed by atoms with Crippen molar-refractivity contribution in [3.05, 3.63) is 18.2 Å².